The van der Waals surface area contributed by atoms with Gasteiger partial charge in [-0.05, 0) is 19.1 Å². The number of methoxy groups -OCH3 is 1. The van der Waals surface area contributed by atoms with E-state index in [-0.39, 0.29) is 5.91 Å². The second kappa shape index (κ2) is 7.61. The maximum Gasteiger partial charge on any atom is 0.246 e. The van der Waals surface area contributed by atoms with Crippen molar-refractivity contribution in [2.75, 3.05) is 13.7 Å². The van der Waals surface area contributed by atoms with Crippen LogP contribution in [-0.4, -0.2) is 34.3 Å². The molecule has 0 aromatic carbocycles. The minimum atomic E-state index is -0.122. The van der Waals surface area contributed by atoms with Crippen molar-refractivity contribution in [1.82, 2.24) is 14.7 Å². The van der Waals surface area contributed by atoms with Gasteiger partial charge in [-0.3, -0.25) is 9.48 Å². The molecule has 0 fully saturated rings. The average molecular weight is 303 g/mol. The van der Waals surface area contributed by atoms with E-state index in [1.165, 1.54) is 6.08 Å². The Morgan fingerprint density at radius 1 is 1.50 bits per heavy atom. The molecule has 2 rings (SSSR count). The van der Waals surface area contributed by atoms with Crippen molar-refractivity contribution in [3.63, 3.8) is 0 Å². The van der Waals surface area contributed by atoms with Crippen LogP contribution in [0.3, 0.4) is 0 Å². The maximum absolute atomic E-state index is 12.0. The van der Waals surface area contributed by atoms with Crippen molar-refractivity contribution in [3.8, 4) is 0 Å². The molecule has 0 unspecified atom stereocenters. The standard InChI is InChI=1S/C16H21N3O3/c1-4-16(20)18(9-14-7-13(2)22-12-14)10-15-8-17-19(11-15)5-6-21-3/h4,7-8,11-12H,1,5-6,9-10H2,2-3H3. The molecule has 0 saturated heterocycles. The fraction of sp³-hybridized carbons (Fsp3) is 0.375. The van der Waals surface area contributed by atoms with Gasteiger partial charge >= 0.3 is 0 Å². The molecule has 0 N–H and O–H groups in total. The van der Waals surface area contributed by atoms with Crippen molar-refractivity contribution < 1.29 is 13.9 Å². The van der Waals surface area contributed by atoms with E-state index < -0.39 is 0 Å². The number of rotatable bonds is 8. The van der Waals surface area contributed by atoms with Crippen LogP contribution in [0.1, 0.15) is 16.9 Å². The molecule has 6 heteroatoms. The van der Waals surface area contributed by atoms with Crippen LogP contribution in [0.4, 0.5) is 0 Å². The zero-order valence-corrected chi connectivity index (χ0v) is 13.0. The number of carbonyl (C=O) groups is 1. The Kier molecular flexibility index (Phi) is 5.55. The van der Waals surface area contributed by atoms with Gasteiger partial charge in [-0.15, -0.1) is 0 Å². The Hall–Kier alpha value is -2.34. The molecule has 0 aliphatic rings. The van der Waals surface area contributed by atoms with Crippen LogP contribution in [0.2, 0.25) is 0 Å². The average Bonchev–Trinajstić information content (AvgIpc) is 3.12. The molecule has 118 valence electrons. The molecular weight excluding hydrogens is 282 g/mol. The fourth-order valence-corrected chi connectivity index (χ4v) is 2.16. The first-order valence-electron chi connectivity index (χ1n) is 7.08. The lowest BCUT2D eigenvalue weighted by atomic mass is 10.2. The van der Waals surface area contributed by atoms with Crippen molar-refractivity contribution in [3.05, 3.63) is 54.3 Å². The number of aromatic nitrogens is 2. The van der Waals surface area contributed by atoms with Crippen molar-refractivity contribution in [2.24, 2.45) is 0 Å². The number of carbonyl (C=O) groups excluding carboxylic acids is 1. The summed E-state index contributed by atoms with van der Waals surface area (Å²) in [7, 11) is 1.65. The molecule has 6 nitrogen and oxygen atoms in total. The van der Waals surface area contributed by atoms with E-state index in [0.717, 1.165) is 16.9 Å². The Morgan fingerprint density at radius 2 is 2.27 bits per heavy atom. The van der Waals surface area contributed by atoms with Crippen LogP contribution < -0.4 is 0 Å². The Bertz CT molecular complexity index is 630. The van der Waals surface area contributed by atoms with E-state index >= 15 is 0 Å². The topological polar surface area (TPSA) is 60.5 Å². The summed E-state index contributed by atoms with van der Waals surface area (Å²) in [5, 5.41) is 4.26. The number of hydrogen-bond acceptors (Lipinski definition) is 4. The van der Waals surface area contributed by atoms with E-state index in [1.54, 1.807) is 29.2 Å². The molecule has 0 aliphatic heterocycles. The Labute approximate surface area is 130 Å². The molecule has 0 radical (unpaired) electrons. The summed E-state index contributed by atoms with van der Waals surface area (Å²) in [6.07, 6.45) is 6.67. The third-order valence-electron chi connectivity index (χ3n) is 3.23. The van der Waals surface area contributed by atoms with E-state index in [1.807, 2.05) is 19.2 Å². The molecule has 2 heterocycles. The van der Waals surface area contributed by atoms with Crippen LogP contribution in [0.5, 0.6) is 0 Å². The summed E-state index contributed by atoms with van der Waals surface area (Å²) in [4.78, 5) is 13.7. The van der Waals surface area contributed by atoms with Gasteiger partial charge < -0.3 is 14.1 Å². The second-order valence-corrected chi connectivity index (χ2v) is 5.07. The van der Waals surface area contributed by atoms with Crippen molar-refractivity contribution in [2.45, 2.75) is 26.6 Å². The number of nitrogens with zero attached hydrogens (tertiary/aromatic N) is 3. The molecule has 2 aromatic rings. The predicted octanol–water partition coefficient (Wildman–Crippen LogP) is 2.15. The molecule has 2 aromatic heterocycles. The highest BCUT2D eigenvalue weighted by atomic mass is 16.5. The molecule has 0 aliphatic carbocycles. The number of amides is 1. The summed E-state index contributed by atoms with van der Waals surface area (Å²) in [6.45, 7) is 7.68. The molecular formula is C16H21N3O3. The predicted molar refractivity (Wildman–Crippen MR) is 82.0 cm³/mol. The van der Waals surface area contributed by atoms with Gasteiger partial charge in [0.05, 0.1) is 25.6 Å². The van der Waals surface area contributed by atoms with Crippen LogP contribution >= 0.6 is 0 Å². The zero-order valence-electron chi connectivity index (χ0n) is 13.0. The fourth-order valence-electron chi connectivity index (χ4n) is 2.16. The van der Waals surface area contributed by atoms with Crippen molar-refractivity contribution >= 4 is 5.91 Å². The molecule has 22 heavy (non-hydrogen) atoms. The number of ether oxygens (including phenoxy) is 1. The van der Waals surface area contributed by atoms with Gasteiger partial charge in [-0.2, -0.15) is 5.10 Å². The smallest absolute Gasteiger partial charge is 0.246 e. The molecule has 0 atom stereocenters. The first kappa shape index (κ1) is 16.0. The molecule has 0 spiro atoms. The number of furan rings is 1. The van der Waals surface area contributed by atoms with Gasteiger partial charge in [-0.25, -0.2) is 0 Å². The first-order valence-corrected chi connectivity index (χ1v) is 7.08. The van der Waals surface area contributed by atoms with Gasteiger partial charge in [0.1, 0.15) is 5.76 Å². The maximum atomic E-state index is 12.0. The normalized spacial score (nSPS) is 10.6. The third kappa shape index (κ3) is 4.33. The summed E-state index contributed by atoms with van der Waals surface area (Å²) < 4.78 is 12.1. The lowest BCUT2D eigenvalue weighted by Crippen LogP contribution is -2.28. The third-order valence-corrected chi connectivity index (χ3v) is 3.23. The van der Waals surface area contributed by atoms with Gasteiger partial charge in [0, 0.05) is 37.5 Å². The molecule has 0 bridgehead atoms. The first-order chi connectivity index (χ1) is 10.6. The van der Waals surface area contributed by atoms with Crippen LogP contribution in [0.15, 0.2) is 41.8 Å². The Morgan fingerprint density at radius 3 is 2.91 bits per heavy atom. The quantitative estimate of drug-likeness (QED) is 0.701. The summed E-state index contributed by atoms with van der Waals surface area (Å²) in [5.41, 5.74) is 1.92. The second-order valence-electron chi connectivity index (χ2n) is 5.07. The van der Waals surface area contributed by atoms with Crippen LogP contribution in [0, 0.1) is 6.92 Å². The van der Waals surface area contributed by atoms with Crippen molar-refractivity contribution in [1.29, 1.82) is 0 Å². The summed E-state index contributed by atoms with van der Waals surface area (Å²) >= 11 is 0. The molecule has 1 amide bonds. The highest BCUT2D eigenvalue weighted by molar-refractivity contribution is 5.86. The van der Waals surface area contributed by atoms with Gasteiger partial charge in [-0.1, -0.05) is 6.58 Å². The van der Waals surface area contributed by atoms with E-state index in [4.69, 9.17) is 9.15 Å². The largest absolute Gasteiger partial charge is 0.469 e. The van der Waals surface area contributed by atoms with Crippen LogP contribution in [-0.2, 0) is 29.2 Å². The lowest BCUT2D eigenvalue weighted by Gasteiger charge is -2.19. The lowest BCUT2D eigenvalue weighted by molar-refractivity contribution is -0.127. The number of hydrogen-bond donors (Lipinski definition) is 0. The summed E-state index contributed by atoms with van der Waals surface area (Å²) in [6, 6.07) is 1.92. The molecule has 0 saturated carbocycles. The van der Waals surface area contributed by atoms with E-state index in [2.05, 4.69) is 11.7 Å². The highest BCUT2D eigenvalue weighted by Crippen LogP contribution is 2.13. The minimum absolute atomic E-state index is 0.122. The minimum Gasteiger partial charge on any atom is -0.469 e. The summed E-state index contributed by atoms with van der Waals surface area (Å²) in [5.74, 6) is 0.705. The Balaban J connectivity index is 2.04. The van der Waals surface area contributed by atoms with E-state index in [9.17, 15) is 4.79 Å². The van der Waals surface area contributed by atoms with Gasteiger partial charge in [0.25, 0.3) is 0 Å². The van der Waals surface area contributed by atoms with Gasteiger partial charge in [0.2, 0.25) is 5.91 Å². The SMILES string of the molecule is C=CC(=O)N(Cc1coc(C)c1)Cc1cnn(CCOC)c1. The van der Waals surface area contributed by atoms with Gasteiger partial charge in [0.15, 0.2) is 0 Å². The highest BCUT2D eigenvalue weighted by Gasteiger charge is 2.14. The number of aryl methyl sites for hydroxylation is 1. The van der Waals surface area contributed by atoms with E-state index in [0.29, 0.717) is 26.2 Å². The zero-order chi connectivity index (χ0) is 15.9. The monoisotopic (exact) mass is 303 g/mol. The van der Waals surface area contributed by atoms with Crippen LogP contribution in [0.25, 0.3) is 0 Å².